The molecule has 1 aliphatic rings. The van der Waals surface area contributed by atoms with Crippen molar-refractivity contribution >= 4 is 22.5 Å². The Morgan fingerprint density at radius 1 is 0.857 bits per heavy atom. The molecule has 1 unspecified atom stereocenters. The number of pyridine rings is 1. The van der Waals surface area contributed by atoms with E-state index in [1.807, 2.05) is 41.3 Å². The Labute approximate surface area is 206 Å². The van der Waals surface area contributed by atoms with E-state index in [4.69, 9.17) is 0 Å². The number of amides is 1. The summed E-state index contributed by atoms with van der Waals surface area (Å²) >= 11 is 0. The summed E-state index contributed by atoms with van der Waals surface area (Å²) in [5.41, 5.74) is 2.98. The van der Waals surface area contributed by atoms with E-state index >= 15 is 0 Å². The summed E-state index contributed by atoms with van der Waals surface area (Å²) in [7, 11) is 0. The van der Waals surface area contributed by atoms with Gasteiger partial charge in [-0.15, -0.1) is 0 Å². The highest BCUT2D eigenvalue weighted by Gasteiger charge is 2.36. The van der Waals surface area contributed by atoms with E-state index in [-0.39, 0.29) is 23.8 Å². The number of fused-ring (bicyclic) bond motifs is 1. The molecule has 5 rings (SSSR count). The van der Waals surface area contributed by atoms with E-state index in [1.54, 1.807) is 19.3 Å². The lowest BCUT2D eigenvalue weighted by Gasteiger charge is -2.45. The molecule has 3 aromatic carbocycles. The molecule has 4 aromatic rings. The van der Waals surface area contributed by atoms with Gasteiger partial charge >= 0.3 is 0 Å². The molecule has 0 spiro atoms. The van der Waals surface area contributed by atoms with Gasteiger partial charge in [-0.25, -0.2) is 0 Å². The lowest BCUT2D eigenvalue weighted by Crippen LogP contribution is -2.56. The van der Waals surface area contributed by atoms with Gasteiger partial charge in [0.25, 0.3) is 5.91 Å². The molecule has 5 nitrogen and oxygen atoms in total. The zero-order valence-corrected chi connectivity index (χ0v) is 19.9. The van der Waals surface area contributed by atoms with Crippen molar-refractivity contribution in [3.8, 4) is 0 Å². The first-order valence-electron chi connectivity index (χ1n) is 12.1. The van der Waals surface area contributed by atoms with Crippen molar-refractivity contribution in [1.29, 1.82) is 0 Å². The number of piperazine rings is 1. The summed E-state index contributed by atoms with van der Waals surface area (Å²) in [6.45, 7) is 3.40. The van der Waals surface area contributed by atoms with E-state index in [0.717, 1.165) is 10.8 Å². The highest BCUT2D eigenvalue weighted by molar-refractivity contribution is 6.06. The van der Waals surface area contributed by atoms with Crippen molar-refractivity contribution in [2.24, 2.45) is 0 Å². The second kappa shape index (κ2) is 10.2. The first kappa shape index (κ1) is 22.9. The maximum Gasteiger partial charge on any atom is 0.256 e. The largest absolute Gasteiger partial charge is 0.336 e. The molecule has 2 heterocycles. The first-order valence-corrected chi connectivity index (χ1v) is 12.1. The van der Waals surface area contributed by atoms with Crippen LogP contribution in [-0.4, -0.2) is 52.2 Å². The predicted molar refractivity (Wildman–Crippen MR) is 138 cm³/mol. The third-order valence-corrected chi connectivity index (χ3v) is 6.80. The summed E-state index contributed by atoms with van der Waals surface area (Å²) in [6, 6.07) is 28.6. The van der Waals surface area contributed by atoms with Gasteiger partial charge in [-0.2, -0.15) is 0 Å². The molecule has 0 aliphatic carbocycles. The molecule has 35 heavy (non-hydrogen) atoms. The second-order valence-corrected chi connectivity index (χ2v) is 9.18. The van der Waals surface area contributed by atoms with Crippen molar-refractivity contribution in [2.75, 3.05) is 19.6 Å². The number of benzene rings is 3. The van der Waals surface area contributed by atoms with Gasteiger partial charge in [0.15, 0.2) is 0 Å². The van der Waals surface area contributed by atoms with Crippen LogP contribution in [0.3, 0.4) is 0 Å². The lowest BCUT2D eigenvalue weighted by atomic mass is 9.93. The van der Waals surface area contributed by atoms with Crippen molar-refractivity contribution in [2.45, 2.75) is 25.4 Å². The Hall–Kier alpha value is -3.83. The monoisotopic (exact) mass is 463 g/mol. The fourth-order valence-corrected chi connectivity index (χ4v) is 5.21. The summed E-state index contributed by atoms with van der Waals surface area (Å²) in [5, 5.41) is 1.86. The Balaban J connectivity index is 1.48. The molecule has 0 saturated carbocycles. The summed E-state index contributed by atoms with van der Waals surface area (Å²) < 4.78 is 0. The van der Waals surface area contributed by atoms with Crippen molar-refractivity contribution in [3.05, 3.63) is 114 Å². The maximum absolute atomic E-state index is 13.6. The van der Waals surface area contributed by atoms with Crippen molar-refractivity contribution in [3.63, 3.8) is 0 Å². The number of nitrogens with zero attached hydrogens (tertiary/aromatic N) is 3. The fourth-order valence-electron chi connectivity index (χ4n) is 5.21. The number of rotatable bonds is 6. The minimum Gasteiger partial charge on any atom is -0.336 e. The minimum atomic E-state index is -0.0847. The third kappa shape index (κ3) is 4.86. The zero-order valence-electron chi connectivity index (χ0n) is 19.9. The Morgan fingerprint density at radius 3 is 2.14 bits per heavy atom. The summed E-state index contributed by atoms with van der Waals surface area (Å²) in [4.78, 5) is 34.6. The van der Waals surface area contributed by atoms with E-state index in [1.165, 1.54) is 11.1 Å². The molecule has 0 radical (unpaired) electrons. The summed E-state index contributed by atoms with van der Waals surface area (Å²) in [6.07, 6.45) is 3.84. The van der Waals surface area contributed by atoms with Crippen LogP contribution >= 0.6 is 0 Å². The van der Waals surface area contributed by atoms with Crippen molar-refractivity contribution in [1.82, 2.24) is 14.8 Å². The zero-order chi connectivity index (χ0) is 24.2. The maximum atomic E-state index is 13.6. The van der Waals surface area contributed by atoms with Gasteiger partial charge in [0, 0.05) is 49.9 Å². The lowest BCUT2D eigenvalue weighted by molar-refractivity contribution is -0.119. The first-order chi connectivity index (χ1) is 17.1. The molecule has 176 valence electrons. The Morgan fingerprint density at radius 2 is 1.49 bits per heavy atom. The Kier molecular flexibility index (Phi) is 6.68. The van der Waals surface area contributed by atoms with E-state index in [0.29, 0.717) is 31.6 Å². The number of carbonyl (C=O) groups is 2. The topological polar surface area (TPSA) is 53.5 Å². The van der Waals surface area contributed by atoms with Gasteiger partial charge in [-0.3, -0.25) is 19.5 Å². The molecule has 5 heteroatoms. The molecule has 0 bridgehead atoms. The highest BCUT2D eigenvalue weighted by Crippen LogP contribution is 2.33. The highest BCUT2D eigenvalue weighted by atomic mass is 16.2. The number of carbonyl (C=O) groups excluding carboxylic acids is 2. The van der Waals surface area contributed by atoms with Crippen LogP contribution in [0.1, 0.15) is 40.9 Å². The van der Waals surface area contributed by atoms with Gasteiger partial charge in [0.2, 0.25) is 0 Å². The molecule has 1 aliphatic heterocycles. The van der Waals surface area contributed by atoms with E-state index in [9.17, 15) is 9.59 Å². The van der Waals surface area contributed by atoms with Crippen LogP contribution in [0.15, 0.2) is 97.3 Å². The molecular formula is C30H29N3O2. The van der Waals surface area contributed by atoms with E-state index in [2.05, 4.69) is 58.4 Å². The average Bonchev–Trinajstić information content (AvgIpc) is 2.90. The van der Waals surface area contributed by atoms with Crippen LogP contribution in [0, 0.1) is 0 Å². The molecule has 1 atom stereocenters. The number of aromatic nitrogens is 1. The molecule has 1 amide bonds. The third-order valence-electron chi connectivity index (χ3n) is 6.80. The molecule has 1 saturated heterocycles. The standard InChI is InChI=1S/C30H29N3O2/c1-22(34)18-26-21-32(30(35)28-20-31-19-25-14-8-9-15-27(25)28)16-17-33(26)29(23-10-4-2-5-11-23)24-12-6-3-7-13-24/h2-15,19-20,26,29H,16-18,21H2,1H3. The van der Waals surface area contributed by atoms with Gasteiger partial charge < -0.3 is 4.90 Å². The minimum absolute atomic E-state index is 0.0122. The van der Waals surface area contributed by atoms with Crippen molar-refractivity contribution < 1.29 is 9.59 Å². The second-order valence-electron chi connectivity index (χ2n) is 9.18. The van der Waals surface area contributed by atoms with Crippen LogP contribution < -0.4 is 0 Å². The Bertz CT molecular complexity index is 1280. The molecule has 0 N–H and O–H groups in total. The van der Waals surface area contributed by atoms with Crippen LogP contribution in [0.2, 0.25) is 0 Å². The average molecular weight is 464 g/mol. The van der Waals surface area contributed by atoms with E-state index < -0.39 is 0 Å². The van der Waals surface area contributed by atoms with Crippen LogP contribution in [0.5, 0.6) is 0 Å². The van der Waals surface area contributed by atoms with Crippen LogP contribution in [0.4, 0.5) is 0 Å². The number of Topliss-reactive ketones (excluding diaryl/α,β-unsaturated/α-hetero) is 1. The number of hydrogen-bond acceptors (Lipinski definition) is 4. The normalized spacial score (nSPS) is 16.5. The molecule has 1 fully saturated rings. The predicted octanol–water partition coefficient (Wildman–Crippen LogP) is 5.13. The number of hydrogen-bond donors (Lipinski definition) is 0. The van der Waals surface area contributed by atoms with Gasteiger partial charge in [-0.1, -0.05) is 84.9 Å². The smallest absolute Gasteiger partial charge is 0.256 e. The van der Waals surface area contributed by atoms with Gasteiger partial charge in [0.1, 0.15) is 5.78 Å². The molecule has 1 aromatic heterocycles. The molecular weight excluding hydrogens is 434 g/mol. The summed E-state index contributed by atoms with van der Waals surface area (Å²) in [5.74, 6) is 0.0967. The van der Waals surface area contributed by atoms with Gasteiger partial charge in [-0.05, 0) is 23.4 Å². The SMILES string of the molecule is CC(=O)CC1CN(C(=O)c2cncc3ccccc23)CCN1C(c1ccccc1)c1ccccc1. The fraction of sp³-hybridized carbons (Fsp3) is 0.233. The number of ketones is 1. The van der Waals surface area contributed by atoms with Gasteiger partial charge in [0.05, 0.1) is 11.6 Å². The van der Waals surface area contributed by atoms with Crippen LogP contribution in [-0.2, 0) is 4.79 Å². The van der Waals surface area contributed by atoms with Crippen LogP contribution in [0.25, 0.3) is 10.8 Å². The quantitative estimate of drug-likeness (QED) is 0.398.